The van der Waals surface area contributed by atoms with E-state index < -0.39 is 0 Å². The maximum atomic E-state index is 13.2. The molecule has 0 radical (unpaired) electrons. The number of benzene rings is 1. The minimum atomic E-state index is -0.238. The van der Waals surface area contributed by atoms with Crippen molar-refractivity contribution in [3.63, 3.8) is 0 Å². The Kier molecular flexibility index (Phi) is 6.58. The predicted octanol–water partition coefficient (Wildman–Crippen LogP) is 3.20. The van der Waals surface area contributed by atoms with Gasteiger partial charge >= 0.3 is 0 Å². The van der Waals surface area contributed by atoms with Gasteiger partial charge in [0.25, 0.3) is 0 Å². The van der Waals surface area contributed by atoms with E-state index in [0.717, 1.165) is 37.1 Å². The molecule has 0 unspecified atom stereocenters. The van der Waals surface area contributed by atoms with Crippen LogP contribution in [-0.2, 0) is 16.1 Å². The highest BCUT2D eigenvalue weighted by Crippen LogP contribution is 2.25. The molecule has 0 bridgehead atoms. The second kappa shape index (κ2) is 9.11. The van der Waals surface area contributed by atoms with Crippen LogP contribution >= 0.6 is 0 Å². The largest absolute Gasteiger partial charge is 0.373 e. The van der Waals surface area contributed by atoms with Crippen molar-refractivity contribution in [2.45, 2.75) is 38.5 Å². The fourth-order valence-corrected chi connectivity index (χ4v) is 3.62. The monoisotopic (exact) mass is 367 g/mol. The van der Waals surface area contributed by atoms with Crippen molar-refractivity contribution in [3.05, 3.63) is 65.5 Å². The number of nitrogens with zero attached hydrogens (tertiary/aromatic N) is 3. The quantitative estimate of drug-likeness (QED) is 0.787. The fourth-order valence-electron chi connectivity index (χ4n) is 3.62. The Morgan fingerprint density at radius 2 is 2.04 bits per heavy atom. The number of hydrogen-bond acceptors (Lipinski definition) is 4. The molecule has 1 aliphatic heterocycles. The molecule has 5 nitrogen and oxygen atoms in total. The average Bonchev–Trinajstić information content (AvgIpc) is 2.67. The van der Waals surface area contributed by atoms with Gasteiger partial charge in [-0.05, 0) is 51.1 Å². The highest BCUT2D eigenvalue weighted by Gasteiger charge is 2.30. The summed E-state index contributed by atoms with van der Waals surface area (Å²) in [6, 6.07) is 11.9. The number of ether oxygens (including phenoxy) is 1. The van der Waals surface area contributed by atoms with E-state index >= 15 is 0 Å². The van der Waals surface area contributed by atoms with E-state index in [0.29, 0.717) is 6.61 Å². The number of pyridine rings is 1. The zero-order valence-corrected chi connectivity index (χ0v) is 16.5. The normalized spacial score (nSPS) is 16.5. The van der Waals surface area contributed by atoms with Gasteiger partial charge in [0.05, 0.1) is 12.7 Å². The summed E-state index contributed by atoms with van der Waals surface area (Å²) in [6.45, 7) is 4.13. The maximum Gasteiger partial charge on any atom is 0.244 e. The molecule has 1 saturated heterocycles. The number of carbonyl (C=O) groups is 1. The molecule has 1 aliphatic rings. The van der Waals surface area contributed by atoms with Gasteiger partial charge in [-0.2, -0.15) is 0 Å². The minimum absolute atomic E-state index is 0.177. The van der Waals surface area contributed by atoms with Crippen LogP contribution in [0.25, 0.3) is 0 Å². The second-order valence-electron chi connectivity index (χ2n) is 7.48. The zero-order valence-electron chi connectivity index (χ0n) is 16.5. The van der Waals surface area contributed by atoms with Crippen LogP contribution in [0.4, 0.5) is 0 Å². The van der Waals surface area contributed by atoms with Crippen molar-refractivity contribution in [2.75, 3.05) is 27.2 Å². The summed E-state index contributed by atoms with van der Waals surface area (Å²) in [5.74, 6) is 0.177. The Hall–Kier alpha value is -2.24. The number of amides is 1. The lowest BCUT2D eigenvalue weighted by Crippen LogP contribution is -2.45. The Bertz CT molecular complexity index is 740. The third kappa shape index (κ3) is 5.15. The van der Waals surface area contributed by atoms with Gasteiger partial charge in [0.2, 0.25) is 5.91 Å². The first-order valence-corrected chi connectivity index (χ1v) is 9.57. The molecule has 5 heteroatoms. The van der Waals surface area contributed by atoms with E-state index in [9.17, 15) is 4.79 Å². The maximum absolute atomic E-state index is 13.2. The van der Waals surface area contributed by atoms with Crippen molar-refractivity contribution in [1.82, 2.24) is 14.8 Å². The highest BCUT2D eigenvalue weighted by molar-refractivity contribution is 5.83. The van der Waals surface area contributed by atoms with Crippen LogP contribution in [0.5, 0.6) is 0 Å². The van der Waals surface area contributed by atoms with E-state index in [-0.39, 0.29) is 18.1 Å². The molecule has 1 aromatic heterocycles. The molecular formula is C22H29N3O2. The van der Waals surface area contributed by atoms with Gasteiger partial charge in [-0.25, -0.2) is 0 Å². The number of likely N-dealkylation sites (tertiary alicyclic amines) is 1. The van der Waals surface area contributed by atoms with Crippen LogP contribution in [0.2, 0.25) is 0 Å². The number of piperidine rings is 1. The number of rotatable bonds is 6. The predicted molar refractivity (Wildman–Crippen MR) is 106 cm³/mol. The highest BCUT2D eigenvalue weighted by atomic mass is 16.5. The van der Waals surface area contributed by atoms with Crippen LogP contribution in [0, 0.1) is 6.92 Å². The van der Waals surface area contributed by atoms with Gasteiger partial charge in [-0.15, -0.1) is 0 Å². The van der Waals surface area contributed by atoms with E-state index in [1.54, 1.807) is 6.20 Å². The first kappa shape index (κ1) is 19.5. The summed E-state index contributed by atoms with van der Waals surface area (Å²) >= 11 is 0. The molecule has 1 atom stereocenters. The minimum Gasteiger partial charge on any atom is -0.373 e. The summed E-state index contributed by atoms with van der Waals surface area (Å²) in [6.07, 6.45) is 5.55. The molecule has 27 heavy (non-hydrogen) atoms. The molecule has 144 valence electrons. The fraction of sp³-hybridized carbons (Fsp3) is 0.455. The molecule has 1 aromatic carbocycles. The number of hydrogen-bond donors (Lipinski definition) is 0. The summed E-state index contributed by atoms with van der Waals surface area (Å²) in [7, 11) is 3.93. The van der Waals surface area contributed by atoms with Crippen LogP contribution in [0.1, 0.15) is 35.6 Å². The summed E-state index contributed by atoms with van der Waals surface area (Å²) in [5, 5.41) is 0. The summed E-state index contributed by atoms with van der Waals surface area (Å²) in [5.41, 5.74) is 3.32. The van der Waals surface area contributed by atoms with E-state index in [4.69, 9.17) is 4.74 Å². The van der Waals surface area contributed by atoms with Crippen molar-refractivity contribution >= 4 is 5.91 Å². The smallest absolute Gasteiger partial charge is 0.244 e. The third-order valence-electron chi connectivity index (χ3n) is 5.07. The summed E-state index contributed by atoms with van der Waals surface area (Å²) < 4.78 is 6.02. The van der Waals surface area contributed by atoms with Gasteiger partial charge < -0.3 is 9.64 Å². The molecule has 0 spiro atoms. The van der Waals surface area contributed by atoms with Crippen molar-refractivity contribution < 1.29 is 9.53 Å². The number of likely N-dealkylation sites (N-methyl/N-ethyl adjacent to an activating group) is 1. The third-order valence-corrected chi connectivity index (χ3v) is 5.07. The van der Waals surface area contributed by atoms with Crippen LogP contribution in [-0.4, -0.2) is 54.0 Å². The molecule has 0 aliphatic carbocycles. The van der Waals surface area contributed by atoms with Crippen molar-refractivity contribution in [3.8, 4) is 0 Å². The Balaban J connectivity index is 1.56. The lowest BCUT2D eigenvalue weighted by atomic mass is 10.0. The number of carbonyl (C=O) groups excluding carboxylic acids is 1. The topological polar surface area (TPSA) is 45.7 Å². The van der Waals surface area contributed by atoms with Crippen molar-refractivity contribution in [1.29, 1.82) is 0 Å². The van der Waals surface area contributed by atoms with Crippen LogP contribution < -0.4 is 0 Å². The molecule has 1 fully saturated rings. The Morgan fingerprint density at radius 3 is 2.67 bits per heavy atom. The van der Waals surface area contributed by atoms with E-state index in [2.05, 4.69) is 24.0 Å². The molecule has 3 rings (SSSR count). The molecular weight excluding hydrogens is 338 g/mol. The first-order chi connectivity index (χ1) is 13.0. The molecule has 2 aromatic rings. The molecule has 0 saturated carbocycles. The van der Waals surface area contributed by atoms with Gasteiger partial charge in [0, 0.05) is 25.5 Å². The van der Waals surface area contributed by atoms with Gasteiger partial charge in [-0.1, -0.05) is 35.9 Å². The lowest BCUT2D eigenvalue weighted by molar-refractivity contribution is -0.139. The van der Waals surface area contributed by atoms with E-state index in [1.807, 2.05) is 54.4 Å². The average molecular weight is 367 g/mol. The number of aromatic nitrogens is 1. The van der Waals surface area contributed by atoms with Gasteiger partial charge in [-0.3, -0.25) is 14.7 Å². The number of aryl methyl sites for hydroxylation is 1. The zero-order chi connectivity index (χ0) is 19.2. The van der Waals surface area contributed by atoms with Gasteiger partial charge in [0.1, 0.15) is 6.04 Å². The second-order valence-corrected chi connectivity index (χ2v) is 7.48. The van der Waals surface area contributed by atoms with Gasteiger partial charge in [0.15, 0.2) is 0 Å². The Morgan fingerprint density at radius 1 is 1.26 bits per heavy atom. The Labute approximate surface area is 162 Å². The van der Waals surface area contributed by atoms with Crippen LogP contribution in [0.15, 0.2) is 48.8 Å². The first-order valence-electron chi connectivity index (χ1n) is 9.57. The molecule has 2 heterocycles. The molecule has 0 N–H and O–H groups in total. The lowest BCUT2D eigenvalue weighted by Gasteiger charge is -2.36. The standard InChI is InChI=1S/C22H29N3O2/c1-17-6-4-8-19(14-17)21(24(2)3)22(26)25-12-9-20(10-13-25)27-16-18-7-5-11-23-15-18/h4-8,11,14-15,20-21H,9-10,12-13,16H2,1-3H3/t21-/m1/s1. The SMILES string of the molecule is Cc1cccc([C@H](C(=O)N2CCC(OCc3cccnc3)CC2)N(C)C)c1. The van der Waals surface area contributed by atoms with Crippen molar-refractivity contribution in [2.24, 2.45) is 0 Å². The summed E-state index contributed by atoms with van der Waals surface area (Å²) in [4.78, 5) is 21.3. The van der Waals surface area contributed by atoms with E-state index in [1.165, 1.54) is 5.56 Å². The van der Waals surface area contributed by atoms with Crippen LogP contribution in [0.3, 0.4) is 0 Å². The molecule has 1 amide bonds.